The SMILES string of the molecule is Cc1cc(C(O)c2cccc(F)c2Cl)cs1. The zero-order valence-electron chi connectivity index (χ0n) is 8.58. The number of rotatable bonds is 2. The maximum absolute atomic E-state index is 13.2. The zero-order chi connectivity index (χ0) is 11.7. The topological polar surface area (TPSA) is 20.2 Å². The summed E-state index contributed by atoms with van der Waals surface area (Å²) in [6.45, 7) is 1.95. The van der Waals surface area contributed by atoms with Gasteiger partial charge in [0, 0.05) is 10.4 Å². The second kappa shape index (κ2) is 4.53. The van der Waals surface area contributed by atoms with E-state index < -0.39 is 11.9 Å². The Morgan fingerprint density at radius 3 is 2.81 bits per heavy atom. The van der Waals surface area contributed by atoms with Gasteiger partial charge in [0.05, 0.1) is 5.02 Å². The molecule has 1 heterocycles. The third kappa shape index (κ3) is 2.12. The quantitative estimate of drug-likeness (QED) is 0.863. The molecule has 0 radical (unpaired) electrons. The Bertz CT molecular complexity index is 509. The van der Waals surface area contributed by atoms with Gasteiger partial charge in [-0.05, 0) is 30.0 Å². The predicted octanol–water partition coefficient (Wildman–Crippen LogP) is 3.93. The minimum atomic E-state index is -0.867. The molecule has 0 spiro atoms. The molecule has 4 heteroatoms. The number of aliphatic hydroxyl groups is 1. The number of aryl methyl sites for hydroxylation is 1. The molecule has 2 rings (SSSR count). The molecular weight excluding hydrogens is 247 g/mol. The van der Waals surface area contributed by atoms with Crippen molar-refractivity contribution in [2.45, 2.75) is 13.0 Å². The molecule has 84 valence electrons. The van der Waals surface area contributed by atoms with E-state index in [0.717, 1.165) is 10.4 Å². The average molecular weight is 257 g/mol. The van der Waals surface area contributed by atoms with Crippen molar-refractivity contribution in [3.63, 3.8) is 0 Å². The fourth-order valence-corrected chi connectivity index (χ4v) is 2.47. The minimum absolute atomic E-state index is 0.0150. The van der Waals surface area contributed by atoms with E-state index in [2.05, 4.69) is 0 Å². The summed E-state index contributed by atoms with van der Waals surface area (Å²) in [5.74, 6) is -0.509. The van der Waals surface area contributed by atoms with Gasteiger partial charge in [0.25, 0.3) is 0 Å². The third-order valence-corrected chi connectivity index (χ3v) is 3.62. The summed E-state index contributed by atoms with van der Waals surface area (Å²) in [6, 6.07) is 6.32. The summed E-state index contributed by atoms with van der Waals surface area (Å²) in [7, 11) is 0. The van der Waals surface area contributed by atoms with Gasteiger partial charge >= 0.3 is 0 Å². The smallest absolute Gasteiger partial charge is 0.142 e. The minimum Gasteiger partial charge on any atom is -0.384 e. The highest BCUT2D eigenvalue weighted by atomic mass is 35.5. The van der Waals surface area contributed by atoms with E-state index in [-0.39, 0.29) is 5.02 Å². The van der Waals surface area contributed by atoms with Crippen LogP contribution < -0.4 is 0 Å². The van der Waals surface area contributed by atoms with Crippen molar-refractivity contribution in [2.24, 2.45) is 0 Å². The molecule has 0 aliphatic carbocycles. The summed E-state index contributed by atoms with van der Waals surface area (Å²) in [5.41, 5.74) is 1.15. The molecule has 0 aliphatic heterocycles. The Labute approximate surface area is 102 Å². The van der Waals surface area contributed by atoms with Gasteiger partial charge in [-0.3, -0.25) is 0 Å². The molecule has 0 saturated heterocycles. The zero-order valence-corrected chi connectivity index (χ0v) is 10.1. The fourth-order valence-electron chi connectivity index (χ4n) is 1.52. The molecule has 2 aromatic rings. The van der Waals surface area contributed by atoms with E-state index in [1.165, 1.54) is 6.07 Å². The Morgan fingerprint density at radius 1 is 1.44 bits per heavy atom. The van der Waals surface area contributed by atoms with E-state index in [0.29, 0.717) is 5.56 Å². The largest absolute Gasteiger partial charge is 0.384 e. The van der Waals surface area contributed by atoms with Gasteiger partial charge in [-0.25, -0.2) is 4.39 Å². The van der Waals surface area contributed by atoms with E-state index in [1.807, 2.05) is 18.4 Å². The van der Waals surface area contributed by atoms with Crippen LogP contribution in [0.1, 0.15) is 22.1 Å². The molecule has 16 heavy (non-hydrogen) atoms. The van der Waals surface area contributed by atoms with Gasteiger partial charge in [-0.1, -0.05) is 23.7 Å². The summed E-state index contributed by atoms with van der Waals surface area (Å²) < 4.78 is 13.2. The number of benzene rings is 1. The maximum atomic E-state index is 13.2. The lowest BCUT2D eigenvalue weighted by Crippen LogP contribution is -2.00. The van der Waals surface area contributed by atoms with Crippen LogP contribution in [0.4, 0.5) is 4.39 Å². The second-order valence-corrected chi connectivity index (χ2v) is 5.03. The van der Waals surface area contributed by atoms with Crippen LogP contribution in [-0.2, 0) is 0 Å². The monoisotopic (exact) mass is 256 g/mol. The molecule has 0 amide bonds. The molecule has 1 aromatic heterocycles. The van der Waals surface area contributed by atoms with Gasteiger partial charge in [0.15, 0.2) is 0 Å². The molecule has 0 aliphatic rings. The van der Waals surface area contributed by atoms with Crippen LogP contribution in [0.2, 0.25) is 5.02 Å². The third-order valence-electron chi connectivity index (χ3n) is 2.34. The van der Waals surface area contributed by atoms with Crippen molar-refractivity contribution in [1.29, 1.82) is 0 Å². The van der Waals surface area contributed by atoms with Gasteiger partial charge in [0.2, 0.25) is 0 Å². The molecule has 0 bridgehead atoms. The predicted molar refractivity (Wildman–Crippen MR) is 64.5 cm³/mol. The van der Waals surface area contributed by atoms with Gasteiger partial charge in [-0.2, -0.15) is 0 Å². The number of hydrogen-bond acceptors (Lipinski definition) is 2. The van der Waals surface area contributed by atoms with Gasteiger partial charge < -0.3 is 5.11 Å². The number of halogens is 2. The number of hydrogen-bond donors (Lipinski definition) is 1. The molecule has 1 aromatic carbocycles. The van der Waals surface area contributed by atoms with Gasteiger partial charge in [0.1, 0.15) is 11.9 Å². The van der Waals surface area contributed by atoms with Crippen molar-refractivity contribution in [3.8, 4) is 0 Å². The molecule has 1 unspecified atom stereocenters. The Balaban J connectivity index is 2.41. The molecule has 0 saturated carbocycles. The first-order valence-corrected chi connectivity index (χ1v) is 6.02. The van der Waals surface area contributed by atoms with Crippen LogP contribution >= 0.6 is 22.9 Å². The van der Waals surface area contributed by atoms with Crippen LogP contribution in [0.3, 0.4) is 0 Å². The van der Waals surface area contributed by atoms with Crippen molar-refractivity contribution in [2.75, 3.05) is 0 Å². The molecular formula is C12H10ClFOS. The van der Waals surface area contributed by atoms with E-state index >= 15 is 0 Å². The van der Waals surface area contributed by atoms with Crippen LogP contribution in [0.15, 0.2) is 29.6 Å². The Morgan fingerprint density at radius 2 is 2.19 bits per heavy atom. The summed E-state index contributed by atoms with van der Waals surface area (Å²) >= 11 is 7.35. The number of thiophene rings is 1. The lowest BCUT2D eigenvalue weighted by molar-refractivity contribution is 0.220. The highest BCUT2D eigenvalue weighted by Crippen LogP contribution is 2.31. The van der Waals surface area contributed by atoms with Crippen LogP contribution in [0.5, 0.6) is 0 Å². The van der Waals surface area contributed by atoms with E-state index in [1.54, 1.807) is 23.5 Å². The van der Waals surface area contributed by atoms with Crippen LogP contribution in [0.25, 0.3) is 0 Å². The first-order chi connectivity index (χ1) is 7.59. The maximum Gasteiger partial charge on any atom is 0.142 e. The first kappa shape index (κ1) is 11.6. The molecule has 1 nitrogen and oxygen atoms in total. The van der Waals surface area contributed by atoms with E-state index in [9.17, 15) is 9.50 Å². The lowest BCUT2D eigenvalue weighted by Gasteiger charge is -2.11. The number of aliphatic hydroxyl groups excluding tert-OH is 1. The standard InChI is InChI=1S/C12H10ClFOS/c1-7-5-8(6-16-7)12(15)9-3-2-4-10(14)11(9)13/h2-6,12,15H,1H3. The van der Waals surface area contributed by atoms with Crippen molar-refractivity contribution in [3.05, 3.63) is 56.5 Å². The highest BCUT2D eigenvalue weighted by molar-refractivity contribution is 7.10. The average Bonchev–Trinajstić information content (AvgIpc) is 2.68. The highest BCUT2D eigenvalue weighted by Gasteiger charge is 2.16. The lowest BCUT2D eigenvalue weighted by atomic mass is 10.0. The van der Waals surface area contributed by atoms with Crippen LogP contribution in [-0.4, -0.2) is 5.11 Å². The van der Waals surface area contributed by atoms with Crippen molar-refractivity contribution in [1.82, 2.24) is 0 Å². The molecule has 1 N–H and O–H groups in total. The fraction of sp³-hybridized carbons (Fsp3) is 0.167. The van der Waals surface area contributed by atoms with Gasteiger partial charge in [-0.15, -0.1) is 11.3 Å². The van der Waals surface area contributed by atoms with Crippen molar-refractivity contribution >= 4 is 22.9 Å². The molecule has 0 fully saturated rings. The van der Waals surface area contributed by atoms with Crippen LogP contribution in [0, 0.1) is 12.7 Å². The normalized spacial score (nSPS) is 12.8. The Hall–Kier alpha value is -0.900. The summed E-state index contributed by atoms with van der Waals surface area (Å²) in [6.07, 6.45) is -0.867. The Kier molecular flexibility index (Phi) is 3.28. The first-order valence-electron chi connectivity index (χ1n) is 4.76. The molecule has 1 atom stereocenters. The van der Waals surface area contributed by atoms with Crippen molar-refractivity contribution < 1.29 is 9.50 Å². The summed E-state index contributed by atoms with van der Waals surface area (Å²) in [5, 5.41) is 11.9. The summed E-state index contributed by atoms with van der Waals surface area (Å²) in [4.78, 5) is 1.10. The van der Waals surface area contributed by atoms with E-state index in [4.69, 9.17) is 11.6 Å². The second-order valence-electron chi connectivity index (χ2n) is 3.54.